The fraction of sp³-hybridized carbons (Fsp3) is 1.00. The van der Waals surface area contributed by atoms with Crippen LogP contribution in [0.4, 0.5) is 0 Å². The van der Waals surface area contributed by atoms with Crippen molar-refractivity contribution in [3.63, 3.8) is 0 Å². The summed E-state index contributed by atoms with van der Waals surface area (Å²) >= 11 is 0. The molecule has 0 aliphatic carbocycles. The molecule has 0 saturated carbocycles. The average molecular weight is 187 g/mol. The summed E-state index contributed by atoms with van der Waals surface area (Å²) in [5, 5.41) is 6.40. The van der Waals surface area contributed by atoms with E-state index >= 15 is 0 Å². The molecule has 0 aliphatic heterocycles. The van der Waals surface area contributed by atoms with E-state index in [0.29, 0.717) is 6.54 Å². The minimum Gasteiger partial charge on any atom is -0.330 e. The van der Waals surface area contributed by atoms with Crippen LogP contribution in [-0.2, 0) is 0 Å². The Morgan fingerprint density at radius 1 is 1.54 bits per heavy atom. The number of hydrogen-bond donors (Lipinski definition) is 2. The highest BCUT2D eigenvalue weighted by molar-refractivity contribution is 4.90. The van der Waals surface area contributed by atoms with Gasteiger partial charge < -0.3 is 11.1 Å². The van der Waals surface area contributed by atoms with E-state index in [0.717, 1.165) is 19.4 Å². The first kappa shape index (κ1) is 12.5. The summed E-state index contributed by atoms with van der Waals surface area (Å²) < 4.78 is 0. The van der Waals surface area contributed by atoms with Crippen molar-refractivity contribution in [3.8, 4) is 0 Å². The molecule has 4 heteroatoms. The summed E-state index contributed by atoms with van der Waals surface area (Å²) in [5.41, 5.74) is 5.16. The van der Waals surface area contributed by atoms with Crippen molar-refractivity contribution in [2.24, 2.45) is 10.9 Å². The normalized spacial score (nSPS) is 14.2. The van der Waals surface area contributed by atoms with Gasteiger partial charge in [0, 0.05) is 5.54 Å². The quantitative estimate of drug-likeness (QED) is 0.465. The zero-order valence-corrected chi connectivity index (χ0v) is 8.84. The summed E-state index contributed by atoms with van der Waals surface area (Å²) in [6, 6.07) is -0.162. The van der Waals surface area contributed by atoms with E-state index < -0.39 is 0 Å². The predicted octanol–water partition coefficient (Wildman–Crippen LogP) is 1.25. The maximum atomic E-state index is 10.5. The Bertz CT molecular complexity index is 148. The first-order valence-electron chi connectivity index (χ1n) is 4.86. The lowest BCUT2D eigenvalue weighted by atomic mass is 9.93. The van der Waals surface area contributed by atoms with Crippen LogP contribution in [0, 0.1) is 4.91 Å². The molecule has 0 aromatic heterocycles. The Labute approximate surface area is 80.2 Å². The zero-order valence-electron chi connectivity index (χ0n) is 8.84. The first-order chi connectivity index (χ1) is 6.08. The fourth-order valence-electron chi connectivity index (χ4n) is 1.35. The van der Waals surface area contributed by atoms with E-state index in [1.165, 1.54) is 0 Å². The summed E-state index contributed by atoms with van der Waals surface area (Å²) in [4.78, 5) is 10.5. The second kappa shape index (κ2) is 6.05. The number of hydrogen-bond acceptors (Lipinski definition) is 4. The summed E-state index contributed by atoms with van der Waals surface area (Å²) in [5.74, 6) is 0. The number of nitroso groups, excluding NO2 is 1. The van der Waals surface area contributed by atoms with Gasteiger partial charge in [0.05, 0.1) is 0 Å². The van der Waals surface area contributed by atoms with E-state index in [4.69, 9.17) is 5.73 Å². The van der Waals surface area contributed by atoms with E-state index in [1.54, 1.807) is 0 Å². The highest BCUT2D eigenvalue weighted by Gasteiger charge is 2.27. The van der Waals surface area contributed by atoms with Gasteiger partial charge in [-0.2, -0.15) is 4.91 Å². The lowest BCUT2D eigenvalue weighted by molar-refractivity contribution is 0.312. The molecule has 1 unspecified atom stereocenters. The number of rotatable bonds is 7. The molecule has 0 radical (unpaired) electrons. The molecule has 0 bridgehead atoms. The second-order valence-electron chi connectivity index (χ2n) is 3.82. The Kier molecular flexibility index (Phi) is 5.82. The lowest BCUT2D eigenvalue weighted by Gasteiger charge is -2.30. The molecule has 0 amide bonds. The predicted molar refractivity (Wildman–Crippen MR) is 55.6 cm³/mol. The van der Waals surface area contributed by atoms with Crippen LogP contribution in [0.3, 0.4) is 0 Å². The van der Waals surface area contributed by atoms with Gasteiger partial charge in [-0.1, -0.05) is 12.1 Å². The van der Waals surface area contributed by atoms with Crippen molar-refractivity contribution in [1.82, 2.24) is 5.32 Å². The number of nitrogens with two attached hydrogens (primary N) is 1. The molecule has 78 valence electrons. The van der Waals surface area contributed by atoms with Gasteiger partial charge in [-0.3, -0.25) is 0 Å². The molecular formula is C9H21N3O. The molecule has 0 spiro atoms. The molecular weight excluding hydrogens is 166 g/mol. The van der Waals surface area contributed by atoms with Crippen LogP contribution in [0.1, 0.15) is 33.6 Å². The SMILES string of the molecule is CCC(N=O)C(C)(C)NCCCN. The van der Waals surface area contributed by atoms with Crippen LogP contribution in [0.15, 0.2) is 5.18 Å². The van der Waals surface area contributed by atoms with Crippen LogP contribution in [0.25, 0.3) is 0 Å². The summed E-state index contributed by atoms with van der Waals surface area (Å²) in [6.07, 6.45) is 1.70. The van der Waals surface area contributed by atoms with E-state index in [1.807, 2.05) is 20.8 Å². The van der Waals surface area contributed by atoms with Crippen molar-refractivity contribution in [2.75, 3.05) is 13.1 Å². The Morgan fingerprint density at radius 2 is 2.15 bits per heavy atom. The van der Waals surface area contributed by atoms with Crippen LogP contribution < -0.4 is 11.1 Å². The van der Waals surface area contributed by atoms with Crippen LogP contribution in [-0.4, -0.2) is 24.7 Å². The molecule has 3 N–H and O–H groups in total. The van der Waals surface area contributed by atoms with Crippen molar-refractivity contribution >= 4 is 0 Å². The van der Waals surface area contributed by atoms with Gasteiger partial charge in [-0.05, 0) is 39.8 Å². The van der Waals surface area contributed by atoms with Gasteiger partial charge in [0.2, 0.25) is 0 Å². The van der Waals surface area contributed by atoms with Crippen molar-refractivity contribution < 1.29 is 0 Å². The maximum Gasteiger partial charge on any atom is 0.109 e. The molecule has 0 aromatic rings. The molecule has 13 heavy (non-hydrogen) atoms. The molecule has 0 heterocycles. The third kappa shape index (κ3) is 4.33. The Balaban J connectivity index is 3.95. The summed E-state index contributed by atoms with van der Waals surface area (Å²) in [6.45, 7) is 7.49. The Morgan fingerprint density at radius 3 is 2.54 bits per heavy atom. The zero-order chi connectivity index (χ0) is 10.3. The van der Waals surface area contributed by atoms with Gasteiger partial charge in [-0.15, -0.1) is 0 Å². The number of nitrogens with zero attached hydrogens (tertiary/aromatic N) is 1. The van der Waals surface area contributed by atoms with Gasteiger partial charge in [0.1, 0.15) is 6.04 Å². The monoisotopic (exact) mass is 187 g/mol. The van der Waals surface area contributed by atoms with Gasteiger partial charge in [-0.25, -0.2) is 0 Å². The van der Waals surface area contributed by atoms with E-state index in [9.17, 15) is 4.91 Å². The fourth-order valence-corrected chi connectivity index (χ4v) is 1.35. The summed E-state index contributed by atoms with van der Waals surface area (Å²) in [7, 11) is 0. The minimum atomic E-state index is -0.217. The molecule has 0 aliphatic rings. The molecule has 4 nitrogen and oxygen atoms in total. The standard InChI is InChI=1S/C9H21N3O/c1-4-8(12-13)9(2,3)11-7-5-6-10/h8,11H,4-7,10H2,1-3H3. The van der Waals surface area contributed by atoms with Crippen LogP contribution >= 0.6 is 0 Å². The topological polar surface area (TPSA) is 67.5 Å². The maximum absolute atomic E-state index is 10.5. The second-order valence-corrected chi connectivity index (χ2v) is 3.82. The molecule has 0 fully saturated rings. The van der Waals surface area contributed by atoms with Gasteiger partial charge >= 0.3 is 0 Å². The molecule has 1 atom stereocenters. The highest BCUT2D eigenvalue weighted by atomic mass is 16.3. The third-order valence-electron chi connectivity index (χ3n) is 2.31. The average Bonchev–Trinajstić information content (AvgIpc) is 2.06. The van der Waals surface area contributed by atoms with Gasteiger partial charge in [0.15, 0.2) is 0 Å². The van der Waals surface area contributed by atoms with Crippen LogP contribution in [0.2, 0.25) is 0 Å². The molecule has 0 aromatic carbocycles. The lowest BCUT2D eigenvalue weighted by Crippen LogP contribution is -2.48. The minimum absolute atomic E-state index is 0.162. The van der Waals surface area contributed by atoms with Crippen molar-refractivity contribution in [3.05, 3.63) is 4.91 Å². The largest absolute Gasteiger partial charge is 0.330 e. The highest BCUT2D eigenvalue weighted by Crippen LogP contribution is 2.15. The third-order valence-corrected chi connectivity index (χ3v) is 2.31. The van der Waals surface area contributed by atoms with Crippen molar-refractivity contribution in [2.45, 2.75) is 45.2 Å². The first-order valence-corrected chi connectivity index (χ1v) is 4.86. The van der Waals surface area contributed by atoms with Crippen molar-refractivity contribution in [1.29, 1.82) is 0 Å². The Hall–Kier alpha value is -0.480. The molecule has 0 rings (SSSR count). The number of nitrogens with one attached hydrogen (secondary N) is 1. The van der Waals surface area contributed by atoms with Crippen LogP contribution in [0.5, 0.6) is 0 Å². The van der Waals surface area contributed by atoms with E-state index in [2.05, 4.69) is 10.5 Å². The van der Waals surface area contributed by atoms with Gasteiger partial charge in [0.25, 0.3) is 0 Å². The van der Waals surface area contributed by atoms with E-state index in [-0.39, 0.29) is 11.6 Å². The molecule has 0 saturated heterocycles. The smallest absolute Gasteiger partial charge is 0.109 e.